The molecule has 0 radical (unpaired) electrons. The van der Waals surface area contributed by atoms with Crippen LogP contribution in [0.4, 0.5) is 0 Å². The third-order valence-corrected chi connectivity index (χ3v) is 1.34. The molecule has 1 aromatic carbocycles. The van der Waals surface area contributed by atoms with E-state index in [9.17, 15) is 0 Å². The van der Waals surface area contributed by atoms with E-state index in [1.54, 1.807) is 0 Å². The van der Waals surface area contributed by atoms with E-state index in [0.717, 1.165) is 5.88 Å². The fraction of sp³-hybridized carbons (Fsp3) is 0.143. The van der Waals surface area contributed by atoms with Crippen LogP contribution in [0, 0.1) is 11.6 Å². The Morgan fingerprint density at radius 1 is 1.12 bits per heavy atom. The first kappa shape index (κ1) is 5.64. The Morgan fingerprint density at radius 2 is 1.75 bits per heavy atom. The summed E-state index contributed by atoms with van der Waals surface area (Å²) in [6.07, 6.45) is 0. The normalized spacial score (nSPS) is 9.12. The summed E-state index contributed by atoms with van der Waals surface area (Å²) in [6, 6.07) is 10.1. The maximum absolute atomic E-state index is 4.82. The van der Waals surface area contributed by atoms with Gasteiger partial charge in [-0.2, -0.15) is 0 Å². The Kier molecular flexibility index (Phi) is 1.93. The molecule has 0 atom stereocenters. The molecule has 0 spiro atoms. The molecule has 0 nitrogen and oxygen atoms in total. The summed E-state index contributed by atoms with van der Waals surface area (Å²) in [6.45, 7) is 0. The van der Waals surface area contributed by atoms with Gasteiger partial charge in [0.2, 0.25) is 0 Å². The minimum Gasteiger partial charge on any atom is -0.0622 e. The minimum atomic E-state index is 0.723. The van der Waals surface area contributed by atoms with Gasteiger partial charge in [0.25, 0.3) is 0 Å². The number of hydrogen-bond acceptors (Lipinski definition) is 0. The molecule has 0 aliphatic carbocycles. The average Bonchev–Trinajstić information content (AvgIpc) is 1.90. The van der Waals surface area contributed by atoms with Crippen LogP contribution in [0.2, 0.25) is 0 Å². The second-order valence-electron chi connectivity index (χ2n) is 1.63. The van der Waals surface area contributed by atoms with Crippen LogP contribution in [0.15, 0.2) is 30.3 Å². The van der Waals surface area contributed by atoms with Crippen molar-refractivity contribution in [3.8, 4) is 0 Å². The van der Waals surface area contributed by atoms with E-state index in [-0.39, 0.29) is 0 Å². The van der Waals surface area contributed by atoms with Crippen LogP contribution in [0.1, 0.15) is 5.56 Å². The standard InChI is InChI=1S/C7H8Cl/c8-6-7-4-2-1-3-5-7/h1-5,8H,6H2/q+1. The molecule has 0 amide bonds. The topological polar surface area (TPSA) is 0 Å². The van der Waals surface area contributed by atoms with Gasteiger partial charge in [-0.3, -0.25) is 0 Å². The van der Waals surface area contributed by atoms with Crippen molar-refractivity contribution in [1.29, 1.82) is 0 Å². The first-order valence-corrected chi connectivity index (χ1v) is 3.13. The van der Waals surface area contributed by atoms with E-state index in [1.807, 2.05) is 30.3 Å². The molecule has 0 heterocycles. The van der Waals surface area contributed by atoms with E-state index >= 15 is 0 Å². The predicted molar refractivity (Wildman–Crippen MR) is 31.5 cm³/mol. The fourth-order valence-corrected chi connectivity index (χ4v) is 0.767. The summed E-state index contributed by atoms with van der Waals surface area (Å²) in [4.78, 5) is 0. The van der Waals surface area contributed by atoms with Crippen LogP contribution in [0.3, 0.4) is 0 Å². The number of halogens is 1. The Hall–Kier alpha value is -0.490. The monoisotopic (exact) mass is 127 g/mol. The molecule has 0 fully saturated rings. The minimum absolute atomic E-state index is 0.723. The van der Waals surface area contributed by atoms with Crippen molar-refractivity contribution in [2.45, 2.75) is 5.88 Å². The third-order valence-electron chi connectivity index (χ3n) is 1.01. The van der Waals surface area contributed by atoms with Gasteiger partial charge in [0.05, 0.1) is 0 Å². The second kappa shape index (κ2) is 2.73. The van der Waals surface area contributed by atoms with Crippen LogP contribution < -0.4 is 0 Å². The molecule has 1 rings (SSSR count). The lowest BCUT2D eigenvalue weighted by Crippen LogP contribution is -1.74. The van der Waals surface area contributed by atoms with Crippen molar-refractivity contribution in [2.24, 2.45) is 0 Å². The predicted octanol–water partition coefficient (Wildman–Crippen LogP) is 1.47. The van der Waals surface area contributed by atoms with Gasteiger partial charge in [-0.25, -0.2) is 0 Å². The SMILES string of the molecule is [ClH+]Cc1ccccc1. The van der Waals surface area contributed by atoms with Gasteiger partial charge in [-0.1, -0.05) is 30.3 Å². The molecule has 0 bridgehead atoms. The molecule has 42 valence electrons. The van der Waals surface area contributed by atoms with E-state index in [2.05, 4.69) is 0 Å². The lowest BCUT2D eigenvalue weighted by Gasteiger charge is -1.83. The number of rotatable bonds is 1. The van der Waals surface area contributed by atoms with Gasteiger partial charge in [0.1, 0.15) is 11.6 Å². The Morgan fingerprint density at radius 3 is 2.12 bits per heavy atom. The van der Waals surface area contributed by atoms with Gasteiger partial charge in [-0.15, -0.1) is 0 Å². The zero-order valence-electron chi connectivity index (χ0n) is 4.50. The fourth-order valence-electron chi connectivity index (χ4n) is 0.574. The van der Waals surface area contributed by atoms with E-state index < -0.39 is 0 Å². The summed E-state index contributed by atoms with van der Waals surface area (Å²) in [5.41, 5.74) is 1.22. The van der Waals surface area contributed by atoms with Crippen molar-refractivity contribution < 1.29 is 11.6 Å². The van der Waals surface area contributed by atoms with Crippen LogP contribution >= 0.6 is 0 Å². The highest BCUT2D eigenvalue weighted by atomic mass is 35.5. The number of benzene rings is 1. The van der Waals surface area contributed by atoms with Gasteiger partial charge in [0.15, 0.2) is 5.88 Å². The molecule has 0 aliphatic rings. The number of hydrogen-bond donors (Lipinski definition) is 0. The summed E-state index contributed by atoms with van der Waals surface area (Å²) in [5.74, 6) is 0.723. The van der Waals surface area contributed by atoms with Gasteiger partial charge < -0.3 is 0 Å². The van der Waals surface area contributed by atoms with Crippen LogP contribution in [0.25, 0.3) is 0 Å². The highest BCUT2D eigenvalue weighted by molar-refractivity contribution is 5.12. The van der Waals surface area contributed by atoms with Crippen LogP contribution in [-0.4, -0.2) is 0 Å². The molecule has 0 unspecified atom stereocenters. The van der Waals surface area contributed by atoms with Crippen LogP contribution in [0.5, 0.6) is 0 Å². The molecular formula is C7H8Cl+. The Bertz CT molecular complexity index is 146. The first-order chi connectivity index (χ1) is 3.93. The van der Waals surface area contributed by atoms with Gasteiger partial charge in [-0.05, 0) is 0 Å². The highest BCUT2D eigenvalue weighted by Gasteiger charge is 1.88. The molecule has 0 aromatic heterocycles. The van der Waals surface area contributed by atoms with Crippen molar-refractivity contribution in [3.05, 3.63) is 35.9 Å². The van der Waals surface area contributed by atoms with Crippen molar-refractivity contribution in [3.63, 3.8) is 0 Å². The molecular weight excluding hydrogens is 120 g/mol. The summed E-state index contributed by atoms with van der Waals surface area (Å²) in [5, 5.41) is 0. The average molecular weight is 128 g/mol. The first-order valence-electron chi connectivity index (χ1n) is 2.55. The molecule has 0 N–H and O–H groups in total. The van der Waals surface area contributed by atoms with E-state index in [0.29, 0.717) is 0 Å². The lowest BCUT2D eigenvalue weighted by molar-refractivity contribution is -0.386. The van der Waals surface area contributed by atoms with Crippen molar-refractivity contribution in [1.82, 2.24) is 0 Å². The molecule has 0 saturated carbocycles. The maximum Gasteiger partial charge on any atom is 0.195 e. The molecule has 1 heteroatoms. The molecule has 8 heavy (non-hydrogen) atoms. The van der Waals surface area contributed by atoms with Crippen LogP contribution in [-0.2, 0) is 5.88 Å². The molecule has 0 saturated heterocycles. The van der Waals surface area contributed by atoms with Gasteiger partial charge >= 0.3 is 0 Å². The van der Waals surface area contributed by atoms with Gasteiger partial charge in [0, 0.05) is 5.56 Å². The zero-order valence-corrected chi connectivity index (χ0v) is 5.32. The van der Waals surface area contributed by atoms with Crippen molar-refractivity contribution >= 4 is 0 Å². The van der Waals surface area contributed by atoms with E-state index in [4.69, 9.17) is 11.6 Å². The highest BCUT2D eigenvalue weighted by Crippen LogP contribution is 1.96. The smallest absolute Gasteiger partial charge is 0.0622 e. The lowest BCUT2D eigenvalue weighted by atomic mass is 10.2. The molecule has 0 aliphatic heterocycles. The number of alkyl halides is 1. The second-order valence-corrected chi connectivity index (χ2v) is 1.92. The quantitative estimate of drug-likeness (QED) is 0.502. The summed E-state index contributed by atoms with van der Waals surface area (Å²) < 4.78 is 0. The largest absolute Gasteiger partial charge is 0.195 e. The zero-order chi connectivity index (χ0) is 5.82. The Balaban J connectivity index is 2.83. The third kappa shape index (κ3) is 1.24. The van der Waals surface area contributed by atoms with E-state index in [1.165, 1.54) is 5.56 Å². The maximum atomic E-state index is 4.82. The summed E-state index contributed by atoms with van der Waals surface area (Å²) >= 11 is 4.82. The molecule has 1 aromatic rings. The summed E-state index contributed by atoms with van der Waals surface area (Å²) in [7, 11) is 0. The van der Waals surface area contributed by atoms with Crippen molar-refractivity contribution in [2.75, 3.05) is 0 Å². The Labute approximate surface area is 54.1 Å².